The van der Waals surface area contributed by atoms with E-state index in [0.29, 0.717) is 18.1 Å². The summed E-state index contributed by atoms with van der Waals surface area (Å²) >= 11 is 3.19. The monoisotopic (exact) mass is 327 g/mol. The smallest absolute Gasteiger partial charge is 0.231 e. The second-order valence-corrected chi connectivity index (χ2v) is 7.24. The zero-order valence-electron chi connectivity index (χ0n) is 12.2. The molecule has 1 saturated heterocycles. The minimum atomic E-state index is -0.120. The standard InChI is InChI=1S/C14H21N3O2S2/c1-2-20-8-5-12(18)17-7-3-4-11(10-17)13(19)16-14-15-6-9-21-14/h6,9,11H,2-5,7-8,10H2,1H3,(H,15,16,19)/t11-/m1/s1. The number of rotatable bonds is 6. The van der Waals surface area contributed by atoms with Crippen molar-refractivity contribution in [2.24, 2.45) is 5.92 Å². The number of anilines is 1. The molecule has 1 aromatic heterocycles. The van der Waals surface area contributed by atoms with Crippen molar-refractivity contribution in [3.05, 3.63) is 11.6 Å². The maximum atomic E-state index is 12.2. The van der Waals surface area contributed by atoms with Crippen molar-refractivity contribution in [1.29, 1.82) is 0 Å². The Kier molecular flexibility index (Phi) is 6.50. The number of carbonyl (C=O) groups excluding carboxylic acids is 2. The van der Waals surface area contributed by atoms with Gasteiger partial charge in [0.2, 0.25) is 11.8 Å². The number of nitrogens with zero attached hydrogens (tertiary/aromatic N) is 2. The molecular formula is C14H21N3O2S2. The average molecular weight is 327 g/mol. The first-order valence-electron chi connectivity index (χ1n) is 7.26. The van der Waals surface area contributed by atoms with Crippen LogP contribution in [0.1, 0.15) is 26.2 Å². The Hall–Kier alpha value is -1.08. The van der Waals surface area contributed by atoms with Gasteiger partial charge >= 0.3 is 0 Å². The molecule has 1 aliphatic rings. The third-order valence-electron chi connectivity index (χ3n) is 3.47. The van der Waals surface area contributed by atoms with Crippen LogP contribution in [-0.4, -0.2) is 46.3 Å². The molecule has 5 nitrogen and oxygen atoms in total. The molecule has 116 valence electrons. The molecule has 0 spiro atoms. The lowest BCUT2D eigenvalue weighted by Gasteiger charge is -2.32. The van der Waals surface area contributed by atoms with E-state index in [1.807, 2.05) is 10.3 Å². The molecule has 0 unspecified atom stereocenters. The molecule has 2 rings (SSSR count). The van der Waals surface area contributed by atoms with Crippen molar-refractivity contribution in [2.75, 3.05) is 29.9 Å². The fourth-order valence-corrected chi connectivity index (χ4v) is 3.51. The molecule has 0 aromatic carbocycles. The number of hydrogen-bond donors (Lipinski definition) is 1. The van der Waals surface area contributed by atoms with Crippen LogP contribution in [0.4, 0.5) is 5.13 Å². The number of nitrogens with one attached hydrogen (secondary N) is 1. The highest BCUT2D eigenvalue weighted by Crippen LogP contribution is 2.20. The lowest BCUT2D eigenvalue weighted by atomic mass is 9.97. The lowest BCUT2D eigenvalue weighted by molar-refractivity contribution is -0.134. The summed E-state index contributed by atoms with van der Waals surface area (Å²) in [5.74, 6) is 1.92. The molecule has 2 amide bonds. The van der Waals surface area contributed by atoms with Crippen molar-refractivity contribution in [3.8, 4) is 0 Å². The average Bonchev–Trinajstić information content (AvgIpc) is 3.00. The molecule has 0 radical (unpaired) electrons. The van der Waals surface area contributed by atoms with Crippen LogP contribution in [0.15, 0.2) is 11.6 Å². The molecule has 0 bridgehead atoms. The lowest BCUT2D eigenvalue weighted by Crippen LogP contribution is -2.43. The third-order valence-corrected chi connectivity index (χ3v) is 5.06. The van der Waals surface area contributed by atoms with Crippen LogP contribution in [0, 0.1) is 5.92 Å². The van der Waals surface area contributed by atoms with Gasteiger partial charge in [-0.15, -0.1) is 11.3 Å². The molecule has 2 heterocycles. The van der Waals surface area contributed by atoms with E-state index in [0.717, 1.165) is 30.9 Å². The zero-order chi connectivity index (χ0) is 15.1. The normalized spacial score (nSPS) is 18.5. The number of carbonyl (C=O) groups is 2. The zero-order valence-corrected chi connectivity index (χ0v) is 13.8. The molecule has 0 saturated carbocycles. The van der Waals surface area contributed by atoms with E-state index in [9.17, 15) is 9.59 Å². The fraction of sp³-hybridized carbons (Fsp3) is 0.643. The molecule has 7 heteroatoms. The van der Waals surface area contributed by atoms with Crippen LogP contribution < -0.4 is 5.32 Å². The van der Waals surface area contributed by atoms with Gasteiger partial charge in [-0.1, -0.05) is 6.92 Å². The second kappa shape index (κ2) is 8.38. The van der Waals surface area contributed by atoms with Crippen molar-refractivity contribution < 1.29 is 9.59 Å². The first-order valence-corrected chi connectivity index (χ1v) is 9.30. The number of hydrogen-bond acceptors (Lipinski definition) is 5. The fourth-order valence-electron chi connectivity index (χ4n) is 2.37. The van der Waals surface area contributed by atoms with Crippen molar-refractivity contribution >= 4 is 40.0 Å². The maximum absolute atomic E-state index is 12.2. The number of piperidine rings is 1. The van der Waals surface area contributed by atoms with Gasteiger partial charge < -0.3 is 10.2 Å². The van der Waals surface area contributed by atoms with Crippen LogP contribution in [0.25, 0.3) is 0 Å². The summed E-state index contributed by atoms with van der Waals surface area (Å²) < 4.78 is 0. The second-order valence-electron chi connectivity index (χ2n) is 4.95. The number of thiazole rings is 1. The van der Waals surface area contributed by atoms with E-state index in [1.165, 1.54) is 11.3 Å². The molecule has 0 aliphatic carbocycles. The highest BCUT2D eigenvalue weighted by Gasteiger charge is 2.28. The van der Waals surface area contributed by atoms with Gasteiger partial charge in [0.25, 0.3) is 0 Å². The Morgan fingerprint density at radius 1 is 1.57 bits per heavy atom. The van der Waals surface area contributed by atoms with Gasteiger partial charge in [0.1, 0.15) is 0 Å². The van der Waals surface area contributed by atoms with Gasteiger partial charge in [0, 0.05) is 36.8 Å². The Bertz CT molecular complexity index is 465. The minimum absolute atomic E-state index is 0.0228. The molecule has 1 aromatic rings. The number of thioether (sulfide) groups is 1. The summed E-state index contributed by atoms with van der Waals surface area (Å²) in [5.41, 5.74) is 0. The molecule has 1 N–H and O–H groups in total. The van der Waals surface area contributed by atoms with Gasteiger partial charge in [0.15, 0.2) is 5.13 Å². The Morgan fingerprint density at radius 2 is 2.43 bits per heavy atom. The summed E-state index contributed by atoms with van der Waals surface area (Å²) in [6, 6.07) is 0. The van der Waals surface area contributed by atoms with Crippen molar-refractivity contribution in [3.63, 3.8) is 0 Å². The summed E-state index contributed by atoms with van der Waals surface area (Å²) in [6.45, 7) is 3.40. The van der Waals surface area contributed by atoms with Gasteiger partial charge in [-0.25, -0.2) is 4.98 Å². The number of amides is 2. The molecule has 1 atom stereocenters. The van der Waals surface area contributed by atoms with E-state index in [2.05, 4.69) is 17.2 Å². The van der Waals surface area contributed by atoms with E-state index in [4.69, 9.17) is 0 Å². The minimum Gasteiger partial charge on any atom is -0.342 e. The third kappa shape index (κ3) is 5.00. The first kappa shape index (κ1) is 16.3. The predicted molar refractivity (Wildman–Crippen MR) is 87.7 cm³/mol. The van der Waals surface area contributed by atoms with Crippen LogP contribution >= 0.6 is 23.1 Å². The highest BCUT2D eigenvalue weighted by atomic mass is 32.2. The highest BCUT2D eigenvalue weighted by molar-refractivity contribution is 7.99. The van der Waals surface area contributed by atoms with Crippen molar-refractivity contribution in [2.45, 2.75) is 26.2 Å². The summed E-state index contributed by atoms with van der Waals surface area (Å²) in [4.78, 5) is 30.2. The van der Waals surface area contributed by atoms with Gasteiger partial charge in [0.05, 0.1) is 5.92 Å². The van der Waals surface area contributed by atoms with Gasteiger partial charge in [-0.3, -0.25) is 9.59 Å². The number of likely N-dealkylation sites (tertiary alicyclic amines) is 1. The quantitative estimate of drug-likeness (QED) is 0.815. The van der Waals surface area contributed by atoms with Crippen LogP contribution in [-0.2, 0) is 9.59 Å². The van der Waals surface area contributed by atoms with E-state index < -0.39 is 0 Å². The van der Waals surface area contributed by atoms with E-state index in [-0.39, 0.29) is 17.7 Å². The predicted octanol–water partition coefficient (Wildman–Crippen LogP) is 2.46. The summed E-state index contributed by atoms with van der Waals surface area (Å²) in [7, 11) is 0. The largest absolute Gasteiger partial charge is 0.342 e. The number of aromatic nitrogens is 1. The Labute approximate surface area is 133 Å². The first-order chi connectivity index (χ1) is 10.2. The molecular weight excluding hydrogens is 306 g/mol. The SMILES string of the molecule is CCSCCC(=O)N1CCC[C@@H](C(=O)Nc2nccs2)C1. The summed E-state index contributed by atoms with van der Waals surface area (Å²) in [6.07, 6.45) is 3.97. The van der Waals surface area contributed by atoms with Crippen LogP contribution in [0.3, 0.4) is 0 Å². The van der Waals surface area contributed by atoms with Crippen LogP contribution in [0.5, 0.6) is 0 Å². The van der Waals surface area contributed by atoms with Gasteiger partial charge in [-0.05, 0) is 18.6 Å². The Morgan fingerprint density at radius 3 is 3.14 bits per heavy atom. The van der Waals surface area contributed by atoms with Gasteiger partial charge in [-0.2, -0.15) is 11.8 Å². The maximum Gasteiger partial charge on any atom is 0.231 e. The topological polar surface area (TPSA) is 62.3 Å². The molecule has 1 aliphatic heterocycles. The van der Waals surface area contributed by atoms with E-state index >= 15 is 0 Å². The van der Waals surface area contributed by atoms with E-state index in [1.54, 1.807) is 18.0 Å². The van der Waals surface area contributed by atoms with Crippen LogP contribution in [0.2, 0.25) is 0 Å². The Balaban J connectivity index is 1.82. The molecule has 21 heavy (non-hydrogen) atoms. The van der Waals surface area contributed by atoms with Crippen molar-refractivity contribution in [1.82, 2.24) is 9.88 Å². The molecule has 1 fully saturated rings. The summed E-state index contributed by atoms with van der Waals surface area (Å²) in [5, 5.41) is 5.29.